The molecule has 0 unspecified atom stereocenters. The van der Waals surface area contributed by atoms with Crippen molar-refractivity contribution in [3.05, 3.63) is 52.5 Å². The molecule has 1 aromatic heterocycles. The number of benzene rings is 2. The first-order chi connectivity index (χ1) is 14.0. The highest BCUT2D eigenvalue weighted by Gasteiger charge is 2.14. The van der Waals surface area contributed by atoms with Crippen LogP contribution in [-0.4, -0.2) is 42.3 Å². The van der Waals surface area contributed by atoms with E-state index < -0.39 is 0 Å². The smallest absolute Gasteiger partial charge is 0.257 e. The molecular weight excluding hydrogens is 428 g/mol. The number of fused-ring (bicyclic) bond motifs is 1. The molecule has 1 saturated heterocycles. The lowest BCUT2D eigenvalue weighted by molar-refractivity contribution is 0.0977. The average molecular weight is 447 g/mol. The molecular formula is C20H19ClN4O2S2. The predicted molar refractivity (Wildman–Crippen MR) is 123 cm³/mol. The van der Waals surface area contributed by atoms with E-state index in [-0.39, 0.29) is 11.0 Å². The highest BCUT2D eigenvalue weighted by atomic mass is 35.5. The van der Waals surface area contributed by atoms with Crippen LogP contribution in [0.3, 0.4) is 0 Å². The minimum absolute atomic E-state index is 0.194. The van der Waals surface area contributed by atoms with Gasteiger partial charge in [0.25, 0.3) is 5.91 Å². The number of hydrogen-bond donors (Lipinski definition) is 2. The van der Waals surface area contributed by atoms with Crippen molar-refractivity contribution in [1.82, 2.24) is 10.3 Å². The van der Waals surface area contributed by atoms with Gasteiger partial charge in [0.15, 0.2) is 10.2 Å². The first-order valence-electron chi connectivity index (χ1n) is 9.11. The van der Waals surface area contributed by atoms with Crippen molar-refractivity contribution in [3.8, 4) is 0 Å². The zero-order valence-electron chi connectivity index (χ0n) is 15.7. The highest BCUT2D eigenvalue weighted by Crippen LogP contribution is 2.30. The Hall–Kier alpha value is -2.26. The van der Waals surface area contributed by atoms with Gasteiger partial charge in [-0.2, -0.15) is 0 Å². The average Bonchev–Trinajstić information content (AvgIpc) is 3.11. The van der Waals surface area contributed by atoms with Crippen molar-refractivity contribution in [2.24, 2.45) is 0 Å². The number of aromatic nitrogens is 1. The summed E-state index contributed by atoms with van der Waals surface area (Å²) in [5.41, 5.74) is 3.40. The van der Waals surface area contributed by atoms with Crippen molar-refractivity contribution >= 4 is 67.2 Å². The van der Waals surface area contributed by atoms with Crippen LogP contribution in [0.25, 0.3) is 10.2 Å². The number of thiazole rings is 1. The second kappa shape index (κ2) is 8.62. The van der Waals surface area contributed by atoms with E-state index in [4.69, 9.17) is 28.6 Å². The quantitative estimate of drug-likeness (QED) is 0.587. The molecule has 0 radical (unpaired) electrons. The van der Waals surface area contributed by atoms with Crippen LogP contribution in [0.1, 0.15) is 15.9 Å². The zero-order chi connectivity index (χ0) is 20.4. The molecule has 0 bridgehead atoms. The number of carbonyl (C=O) groups excluding carboxylic acids is 1. The number of halogens is 1. The van der Waals surface area contributed by atoms with E-state index in [1.807, 2.05) is 13.0 Å². The minimum atomic E-state index is -0.319. The Morgan fingerprint density at radius 1 is 1.24 bits per heavy atom. The molecule has 4 rings (SSSR count). The molecule has 1 aliphatic heterocycles. The lowest BCUT2D eigenvalue weighted by atomic mass is 10.1. The van der Waals surface area contributed by atoms with Crippen LogP contribution in [0.4, 0.5) is 10.8 Å². The monoisotopic (exact) mass is 446 g/mol. The van der Waals surface area contributed by atoms with Gasteiger partial charge < -0.3 is 15.0 Å². The molecule has 1 amide bonds. The van der Waals surface area contributed by atoms with Crippen molar-refractivity contribution in [2.75, 3.05) is 36.5 Å². The summed E-state index contributed by atoms with van der Waals surface area (Å²) in [7, 11) is 0. The van der Waals surface area contributed by atoms with Crippen LogP contribution in [0.15, 0.2) is 36.4 Å². The van der Waals surface area contributed by atoms with E-state index in [1.54, 1.807) is 18.2 Å². The van der Waals surface area contributed by atoms with Gasteiger partial charge >= 0.3 is 0 Å². The molecule has 0 aliphatic carbocycles. The van der Waals surface area contributed by atoms with Gasteiger partial charge in [0.05, 0.1) is 23.4 Å². The van der Waals surface area contributed by atoms with E-state index in [1.165, 1.54) is 11.3 Å². The van der Waals surface area contributed by atoms with Crippen LogP contribution in [-0.2, 0) is 4.74 Å². The molecule has 150 valence electrons. The zero-order valence-corrected chi connectivity index (χ0v) is 18.1. The summed E-state index contributed by atoms with van der Waals surface area (Å²) < 4.78 is 6.47. The van der Waals surface area contributed by atoms with Gasteiger partial charge in [-0.3, -0.25) is 10.1 Å². The summed E-state index contributed by atoms with van der Waals surface area (Å²) in [5.74, 6) is -0.319. The Morgan fingerprint density at radius 2 is 2.03 bits per heavy atom. The maximum atomic E-state index is 12.4. The summed E-state index contributed by atoms with van der Waals surface area (Å²) in [5, 5.41) is 7.03. The highest BCUT2D eigenvalue weighted by molar-refractivity contribution is 7.80. The Bertz CT molecular complexity index is 1080. The Labute approximate surface area is 182 Å². The first-order valence-corrected chi connectivity index (χ1v) is 10.7. The van der Waals surface area contributed by atoms with Gasteiger partial charge in [-0.25, -0.2) is 4.98 Å². The summed E-state index contributed by atoms with van der Waals surface area (Å²) in [6.45, 7) is 5.14. The van der Waals surface area contributed by atoms with Crippen molar-refractivity contribution < 1.29 is 9.53 Å². The molecule has 0 atom stereocenters. The van der Waals surface area contributed by atoms with E-state index in [9.17, 15) is 4.79 Å². The van der Waals surface area contributed by atoms with Gasteiger partial charge in [-0.1, -0.05) is 29.0 Å². The number of nitrogens with one attached hydrogen (secondary N) is 2. The topological polar surface area (TPSA) is 66.5 Å². The number of hydrogen-bond acceptors (Lipinski definition) is 6. The van der Waals surface area contributed by atoms with E-state index in [2.05, 4.69) is 32.7 Å². The molecule has 9 heteroatoms. The van der Waals surface area contributed by atoms with Gasteiger partial charge in [-0.15, -0.1) is 0 Å². The van der Waals surface area contributed by atoms with Gasteiger partial charge in [0.2, 0.25) is 0 Å². The number of carbonyl (C=O) groups is 1. The summed E-state index contributed by atoms with van der Waals surface area (Å²) >= 11 is 12.9. The maximum absolute atomic E-state index is 12.4. The van der Waals surface area contributed by atoms with Crippen LogP contribution in [0.2, 0.25) is 5.02 Å². The molecule has 2 aromatic carbocycles. The van der Waals surface area contributed by atoms with Crippen LogP contribution >= 0.6 is 35.2 Å². The maximum Gasteiger partial charge on any atom is 0.257 e. The SMILES string of the molecule is Cc1ccc(C(=O)NC(=S)Nc2nc3ccc(N4CCOCC4)cc3s2)cc1Cl. The number of rotatable bonds is 3. The second-order valence-electron chi connectivity index (χ2n) is 6.64. The lowest BCUT2D eigenvalue weighted by Gasteiger charge is -2.28. The predicted octanol–water partition coefficient (Wildman–Crippen LogP) is 4.22. The van der Waals surface area contributed by atoms with Crippen LogP contribution in [0, 0.1) is 6.92 Å². The number of thiocarbonyl (C=S) groups is 1. The molecule has 1 fully saturated rings. The molecule has 2 heterocycles. The normalized spacial score (nSPS) is 14.1. The second-order valence-corrected chi connectivity index (χ2v) is 8.49. The molecule has 0 saturated carbocycles. The largest absolute Gasteiger partial charge is 0.378 e. The number of nitrogens with zero attached hydrogens (tertiary/aromatic N) is 2. The standard InChI is InChI=1S/C20H19ClN4O2S2/c1-12-2-3-13(10-15(12)21)18(26)23-19(28)24-20-22-16-5-4-14(11-17(16)29-20)25-6-8-27-9-7-25/h2-5,10-11H,6-9H2,1H3,(H2,22,23,24,26,28). The van der Waals surface area contributed by atoms with Crippen molar-refractivity contribution in [3.63, 3.8) is 0 Å². The van der Waals surface area contributed by atoms with E-state index >= 15 is 0 Å². The number of aryl methyl sites for hydroxylation is 1. The summed E-state index contributed by atoms with van der Waals surface area (Å²) in [6.07, 6.45) is 0. The fraction of sp³-hybridized carbons (Fsp3) is 0.250. The van der Waals surface area contributed by atoms with Crippen molar-refractivity contribution in [1.29, 1.82) is 0 Å². The summed E-state index contributed by atoms with van der Waals surface area (Å²) in [4.78, 5) is 19.2. The fourth-order valence-corrected chi connectivity index (χ4v) is 4.36. The number of anilines is 2. The first kappa shape index (κ1) is 20.0. The fourth-order valence-electron chi connectivity index (χ4n) is 3.02. The third-order valence-electron chi connectivity index (χ3n) is 4.63. The molecule has 1 aliphatic rings. The number of ether oxygens (including phenoxy) is 1. The van der Waals surface area contributed by atoms with Gasteiger partial charge in [0.1, 0.15) is 0 Å². The Morgan fingerprint density at radius 3 is 2.79 bits per heavy atom. The van der Waals surface area contributed by atoms with Gasteiger partial charge in [-0.05, 0) is 55.0 Å². The molecule has 3 aromatic rings. The third kappa shape index (κ3) is 4.67. The lowest BCUT2D eigenvalue weighted by Crippen LogP contribution is -2.36. The van der Waals surface area contributed by atoms with Gasteiger partial charge in [0, 0.05) is 29.4 Å². The van der Waals surface area contributed by atoms with E-state index in [0.717, 1.165) is 47.8 Å². The Balaban J connectivity index is 1.43. The van der Waals surface area contributed by atoms with Crippen molar-refractivity contribution in [2.45, 2.75) is 6.92 Å². The Kier molecular flexibility index (Phi) is 5.96. The molecule has 29 heavy (non-hydrogen) atoms. The molecule has 2 N–H and O–H groups in total. The van der Waals surface area contributed by atoms with Crippen LogP contribution in [0.5, 0.6) is 0 Å². The number of amides is 1. The molecule has 6 nitrogen and oxygen atoms in total. The minimum Gasteiger partial charge on any atom is -0.378 e. The third-order valence-corrected chi connectivity index (χ3v) is 6.17. The number of morpholine rings is 1. The van der Waals surface area contributed by atoms with Crippen LogP contribution < -0.4 is 15.5 Å². The summed E-state index contributed by atoms with van der Waals surface area (Å²) in [6, 6.07) is 11.3. The van der Waals surface area contributed by atoms with E-state index in [0.29, 0.717) is 15.7 Å². The molecule has 0 spiro atoms.